The summed E-state index contributed by atoms with van der Waals surface area (Å²) < 4.78 is 6.17. The molecule has 0 spiro atoms. The maximum atomic E-state index is 12.4. The Balaban J connectivity index is 1.57. The summed E-state index contributed by atoms with van der Waals surface area (Å²) in [5, 5.41) is 4.70. The molecule has 1 aromatic heterocycles. The molecule has 2 aromatic carbocycles. The minimum atomic E-state index is -0.525. The number of hydrogen-bond acceptors (Lipinski definition) is 6. The molecule has 28 heavy (non-hydrogen) atoms. The van der Waals surface area contributed by atoms with Gasteiger partial charge in [0.25, 0.3) is 5.91 Å². The molecule has 8 heteroatoms. The molecule has 3 rings (SSSR count). The SMILES string of the molecule is Cc1cc(NC(=O)COC(=O)c2ccccc2SCc2cscn2)ccc1Br. The van der Waals surface area contributed by atoms with E-state index in [0.29, 0.717) is 17.0 Å². The molecule has 1 heterocycles. The second kappa shape index (κ2) is 9.86. The van der Waals surface area contributed by atoms with Gasteiger partial charge < -0.3 is 10.1 Å². The molecule has 1 amide bonds. The van der Waals surface area contributed by atoms with Gasteiger partial charge in [-0.1, -0.05) is 28.1 Å². The normalized spacial score (nSPS) is 10.5. The number of ether oxygens (including phenoxy) is 1. The zero-order chi connectivity index (χ0) is 19.9. The summed E-state index contributed by atoms with van der Waals surface area (Å²) in [5.74, 6) is -0.247. The van der Waals surface area contributed by atoms with Crippen LogP contribution in [0, 0.1) is 6.92 Å². The van der Waals surface area contributed by atoms with Gasteiger partial charge in [0.15, 0.2) is 6.61 Å². The Morgan fingerprint density at radius 3 is 2.82 bits per heavy atom. The highest BCUT2D eigenvalue weighted by atomic mass is 79.9. The van der Waals surface area contributed by atoms with Crippen LogP contribution in [-0.2, 0) is 15.3 Å². The van der Waals surface area contributed by atoms with Crippen LogP contribution in [0.3, 0.4) is 0 Å². The number of rotatable bonds is 7. The van der Waals surface area contributed by atoms with Crippen molar-refractivity contribution in [1.82, 2.24) is 4.98 Å². The third-order valence-corrected chi connectivity index (χ3v) is 6.37. The van der Waals surface area contributed by atoms with E-state index in [2.05, 4.69) is 26.2 Å². The first-order valence-corrected chi connectivity index (χ1v) is 11.1. The van der Waals surface area contributed by atoms with Crippen molar-refractivity contribution in [3.63, 3.8) is 0 Å². The minimum Gasteiger partial charge on any atom is -0.452 e. The van der Waals surface area contributed by atoms with Crippen LogP contribution in [0.25, 0.3) is 0 Å². The van der Waals surface area contributed by atoms with E-state index in [0.717, 1.165) is 20.6 Å². The first kappa shape index (κ1) is 20.6. The summed E-state index contributed by atoms with van der Waals surface area (Å²) in [5.41, 5.74) is 4.83. The third-order valence-electron chi connectivity index (χ3n) is 3.74. The lowest BCUT2D eigenvalue weighted by molar-refractivity contribution is -0.119. The van der Waals surface area contributed by atoms with Gasteiger partial charge in [0, 0.05) is 26.2 Å². The molecule has 5 nitrogen and oxygen atoms in total. The summed E-state index contributed by atoms with van der Waals surface area (Å²) in [6.45, 7) is 1.58. The molecule has 0 atom stereocenters. The first-order valence-electron chi connectivity index (χ1n) is 8.35. The van der Waals surface area contributed by atoms with Crippen molar-refractivity contribution >= 4 is 56.6 Å². The predicted molar refractivity (Wildman–Crippen MR) is 116 cm³/mol. The van der Waals surface area contributed by atoms with Crippen LogP contribution in [0.15, 0.2) is 62.7 Å². The minimum absolute atomic E-state index is 0.348. The average Bonchev–Trinajstić information content (AvgIpc) is 3.21. The van der Waals surface area contributed by atoms with E-state index in [1.165, 1.54) is 23.1 Å². The van der Waals surface area contributed by atoms with Gasteiger partial charge in [0.05, 0.1) is 16.8 Å². The maximum absolute atomic E-state index is 12.4. The Hall–Kier alpha value is -2.16. The molecule has 144 valence electrons. The smallest absolute Gasteiger partial charge is 0.339 e. The van der Waals surface area contributed by atoms with Crippen molar-refractivity contribution in [2.45, 2.75) is 17.6 Å². The van der Waals surface area contributed by atoms with Crippen molar-refractivity contribution in [2.75, 3.05) is 11.9 Å². The average molecular weight is 477 g/mol. The zero-order valence-corrected chi connectivity index (χ0v) is 18.2. The van der Waals surface area contributed by atoms with E-state index in [9.17, 15) is 9.59 Å². The number of thioether (sulfide) groups is 1. The Morgan fingerprint density at radius 1 is 1.25 bits per heavy atom. The summed E-state index contributed by atoms with van der Waals surface area (Å²) in [7, 11) is 0. The number of carbonyl (C=O) groups excluding carboxylic acids is 2. The molecule has 0 saturated heterocycles. The first-order chi connectivity index (χ1) is 13.5. The Morgan fingerprint density at radius 2 is 2.07 bits per heavy atom. The summed E-state index contributed by atoms with van der Waals surface area (Å²) in [4.78, 5) is 29.6. The van der Waals surface area contributed by atoms with Gasteiger partial charge in [-0.15, -0.1) is 23.1 Å². The molecule has 0 fully saturated rings. The number of nitrogens with zero attached hydrogens (tertiary/aromatic N) is 1. The number of aryl methyl sites for hydroxylation is 1. The number of halogens is 1. The lowest BCUT2D eigenvalue weighted by Gasteiger charge is -2.10. The molecule has 0 aliphatic carbocycles. The lowest BCUT2D eigenvalue weighted by Crippen LogP contribution is -2.21. The van der Waals surface area contributed by atoms with Crippen molar-refractivity contribution in [3.05, 3.63) is 74.6 Å². The summed E-state index contributed by atoms with van der Waals surface area (Å²) in [6.07, 6.45) is 0. The van der Waals surface area contributed by atoms with Gasteiger partial charge in [-0.3, -0.25) is 4.79 Å². The number of aromatic nitrogens is 1. The highest BCUT2D eigenvalue weighted by molar-refractivity contribution is 9.10. The molecule has 0 aliphatic rings. The van der Waals surface area contributed by atoms with Gasteiger partial charge in [-0.25, -0.2) is 9.78 Å². The topological polar surface area (TPSA) is 68.3 Å². The molecule has 0 aliphatic heterocycles. The number of carbonyl (C=O) groups is 2. The molecule has 0 radical (unpaired) electrons. The fourth-order valence-electron chi connectivity index (χ4n) is 2.35. The van der Waals surface area contributed by atoms with Crippen LogP contribution in [0.2, 0.25) is 0 Å². The number of hydrogen-bond donors (Lipinski definition) is 1. The quantitative estimate of drug-likeness (QED) is 0.370. The third kappa shape index (κ3) is 5.67. The van der Waals surface area contributed by atoms with Gasteiger partial charge in [-0.05, 0) is 42.8 Å². The summed E-state index contributed by atoms with van der Waals surface area (Å²) in [6, 6.07) is 12.7. The van der Waals surface area contributed by atoms with Crippen LogP contribution >= 0.6 is 39.0 Å². The van der Waals surface area contributed by atoms with Crippen LogP contribution in [0.4, 0.5) is 5.69 Å². The summed E-state index contributed by atoms with van der Waals surface area (Å²) >= 11 is 6.46. The van der Waals surface area contributed by atoms with E-state index >= 15 is 0 Å². The van der Waals surface area contributed by atoms with E-state index in [-0.39, 0.29) is 12.5 Å². The Kier molecular flexibility index (Phi) is 7.24. The predicted octanol–water partition coefficient (Wildman–Crippen LogP) is 5.30. The van der Waals surface area contributed by atoms with Gasteiger partial charge in [0.1, 0.15) is 0 Å². The van der Waals surface area contributed by atoms with Crippen LogP contribution in [-0.4, -0.2) is 23.5 Å². The van der Waals surface area contributed by atoms with Crippen molar-refractivity contribution in [3.8, 4) is 0 Å². The molecule has 0 bridgehead atoms. The fraction of sp³-hybridized carbons (Fsp3) is 0.150. The van der Waals surface area contributed by atoms with Crippen molar-refractivity contribution < 1.29 is 14.3 Å². The maximum Gasteiger partial charge on any atom is 0.339 e. The van der Waals surface area contributed by atoms with E-state index in [1.54, 1.807) is 23.7 Å². The van der Waals surface area contributed by atoms with Gasteiger partial charge in [-0.2, -0.15) is 0 Å². The second-order valence-corrected chi connectivity index (χ2v) is 8.44. The molecule has 1 N–H and O–H groups in total. The van der Waals surface area contributed by atoms with Crippen molar-refractivity contribution in [2.24, 2.45) is 0 Å². The van der Waals surface area contributed by atoms with Crippen molar-refractivity contribution in [1.29, 1.82) is 0 Å². The highest BCUT2D eigenvalue weighted by Gasteiger charge is 2.15. The molecule has 0 unspecified atom stereocenters. The fourth-order valence-corrected chi connectivity index (χ4v) is 4.20. The van der Waals surface area contributed by atoms with E-state index in [1.807, 2.05) is 36.6 Å². The van der Waals surface area contributed by atoms with Gasteiger partial charge in [0.2, 0.25) is 0 Å². The number of thiazole rings is 1. The Bertz CT molecular complexity index is 977. The number of amides is 1. The number of nitrogens with one attached hydrogen (secondary N) is 1. The standard InChI is InChI=1S/C20H17BrN2O3S2/c1-13-8-14(6-7-17(13)21)23-19(24)9-26-20(25)16-4-2-3-5-18(16)28-11-15-10-27-12-22-15/h2-8,10,12H,9,11H2,1H3,(H,23,24). The molecular weight excluding hydrogens is 460 g/mol. The lowest BCUT2D eigenvalue weighted by atomic mass is 10.2. The molecule has 3 aromatic rings. The van der Waals surface area contributed by atoms with Crippen LogP contribution in [0.1, 0.15) is 21.6 Å². The van der Waals surface area contributed by atoms with E-state index < -0.39 is 5.97 Å². The second-order valence-electron chi connectivity index (χ2n) is 5.85. The van der Waals surface area contributed by atoms with E-state index in [4.69, 9.17) is 4.74 Å². The Labute approximate surface area is 179 Å². The zero-order valence-electron chi connectivity index (χ0n) is 15.0. The number of esters is 1. The molecule has 0 saturated carbocycles. The number of benzene rings is 2. The van der Waals surface area contributed by atoms with Crippen LogP contribution in [0.5, 0.6) is 0 Å². The monoisotopic (exact) mass is 476 g/mol. The largest absolute Gasteiger partial charge is 0.452 e. The van der Waals surface area contributed by atoms with Crippen LogP contribution < -0.4 is 5.32 Å². The molecular formula is C20H17BrN2O3S2. The van der Waals surface area contributed by atoms with Gasteiger partial charge >= 0.3 is 5.97 Å². The number of anilines is 1. The highest BCUT2D eigenvalue weighted by Crippen LogP contribution is 2.27.